The topological polar surface area (TPSA) is 49.6 Å². The molecule has 2 aromatic carbocycles. The van der Waals surface area contributed by atoms with E-state index in [2.05, 4.69) is 11.8 Å². The average Bonchev–Trinajstić information content (AvgIpc) is 2.50. The van der Waals surface area contributed by atoms with E-state index in [4.69, 9.17) is 5.73 Å². The van der Waals surface area contributed by atoms with Gasteiger partial charge in [0.25, 0.3) is 5.91 Å². The summed E-state index contributed by atoms with van der Waals surface area (Å²) in [6, 6.07) is 15.4. The molecule has 0 bridgehead atoms. The van der Waals surface area contributed by atoms with Crippen LogP contribution in [0.5, 0.6) is 0 Å². The minimum Gasteiger partial charge on any atom is -0.397 e. The Hall–Kier alpha value is -2.49. The van der Waals surface area contributed by atoms with E-state index in [0.717, 1.165) is 17.9 Å². The molecule has 0 fully saturated rings. The summed E-state index contributed by atoms with van der Waals surface area (Å²) >= 11 is 0. The maximum atomic E-state index is 12.1. The van der Waals surface area contributed by atoms with Crippen LogP contribution < -0.4 is 10.6 Å². The number of hydrogen-bond acceptors (Lipinski definition) is 3. The van der Waals surface area contributed by atoms with Crippen LogP contribution in [0.2, 0.25) is 0 Å². The molecule has 0 aliphatic rings. The highest BCUT2D eigenvalue weighted by Crippen LogP contribution is 2.31. The van der Waals surface area contributed by atoms with Crippen LogP contribution in [-0.2, 0) is 0 Å². The smallest absolute Gasteiger partial charge is 0.253 e. The van der Waals surface area contributed by atoms with Gasteiger partial charge in [0.2, 0.25) is 0 Å². The Morgan fingerprint density at radius 1 is 1.10 bits per heavy atom. The van der Waals surface area contributed by atoms with E-state index < -0.39 is 0 Å². The van der Waals surface area contributed by atoms with Gasteiger partial charge in [0.15, 0.2) is 0 Å². The van der Waals surface area contributed by atoms with Crippen molar-refractivity contribution in [3.63, 3.8) is 0 Å². The Kier molecular flexibility index (Phi) is 4.48. The summed E-state index contributed by atoms with van der Waals surface area (Å²) < 4.78 is 0. The van der Waals surface area contributed by atoms with Crippen molar-refractivity contribution in [2.75, 3.05) is 31.3 Å². The fourth-order valence-electron chi connectivity index (χ4n) is 2.27. The molecule has 2 rings (SSSR count). The van der Waals surface area contributed by atoms with Crippen LogP contribution in [0, 0.1) is 0 Å². The summed E-state index contributed by atoms with van der Waals surface area (Å²) in [5.74, 6) is -0.0274. The van der Waals surface area contributed by atoms with E-state index in [1.54, 1.807) is 31.1 Å². The first-order valence-electron chi connectivity index (χ1n) is 6.98. The van der Waals surface area contributed by atoms with Crippen LogP contribution in [0.15, 0.2) is 48.5 Å². The molecular formula is C17H21N3O. The summed E-state index contributed by atoms with van der Waals surface area (Å²) in [4.78, 5) is 15.8. The first-order chi connectivity index (χ1) is 10.0. The largest absolute Gasteiger partial charge is 0.397 e. The fraction of sp³-hybridized carbons (Fsp3) is 0.235. The molecule has 2 N–H and O–H groups in total. The van der Waals surface area contributed by atoms with Gasteiger partial charge in [0.05, 0.1) is 11.4 Å². The van der Waals surface area contributed by atoms with Gasteiger partial charge in [-0.1, -0.05) is 18.2 Å². The second-order valence-electron chi connectivity index (χ2n) is 5.05. The minimum atomic E-state index is -0.0274. The Labute approximate surface area is 125 Å². The molecule has 0 aliphatic heterocycles. The molecule has 2 aromatic rings. The van der Waals surface area contributed by atoms with Crippen molar-refractivity contribution in [1.29, 1.82) is 0 Å². The second kappa shape index (κ2) is 6.31. The van der Waals surface area contributed by atoms with E-state index in [9.17, 15) is 4.79 Å². The SMILES string of the molecule is CCN(c1ccccc1)c1cc(C(=O)N(C)C)ccc1N. The normalized spacial score (nSPS) is 10.2. The summed E-state index contributed by atoms with van der Waals surface area (Å²) in [6.45, 7) is 2.83. The molecule has 21 heavy (non-hydrogen) atoms. The molecular weight excluding hydrogens is 262 g/mol. The maximum Gasteiger partial charge on any atom is 0.253 e. The summed E-state index contributed by atoms with van der Waals surface area (Å²) in [5, 5.41) is 0. The number of nitrogens with zero attached hydrogens (tertiary/aromatic N) is 2. The monoisotopic (exact) mass is 283 g/mol. The first kappa shape index (κ1) is 14.9. The highest BCUT2D eigenvalue weighted by Gasteiger charge is 2.14. The number of rotatable bonds is 4. The molecule has 0 aliphatic carbocycles. The molecule has 0 radical (unpaired) electrons. The lowest BCUT2D eigenvalue weighted by Crippen LogP contribution is -2.23. The van der Waals surface area contributed by atoms with Gasteiger partial charge in [-0.3, -0.25) is 4.79 Å². The number of nitrogens with two attached hydrogens (primary N) is 1. The highest BCUT2D eigenvalue weighted by molar-refractivity contribution is 5.96. The zero-order valence-electron chi connectivity index (χ0n) is 12.7. The molecule has 0 saturated carbocycles. The van der Waals surface area contributed by atoms with Crippen molar-refractivity contribution in [2.24, 2.45) is 0 Å². The Morgan fingerprint density at radius 3 is 2.33 bits per heavy atom. The summed E-state index contributed by atoms with van der Waals surface area (Å²) in [5.41, 5.74) is 9.33. The zero-order chi connectivity index (χ0) is 15.4. The average molecular weight is 283 g/mol. The molecule has 0 aromatic heterocycles. The van der Waals surface area contributed by atoms with Gasteiger partial charge in [0, 0.05) is 31.9 Å². The third-order valence-corrected chi connectivity index (χ3v) is 3.36. The molecule has 4 nitrogen and oxygen atoms in total. The molecule has 0 atom stereocenters. The lowest BCUT2D eigenvalue weighted by atomic mass is 10.1. The predicted molar refractivity (Wildman–Crippen MR) is 88.0 cm³/mol. The number of amides is 1. The van der Waals surface area contributed by atoms with E-state index in [1.165, 1.54) is 0 Å². The minimum absolute atomic E-state index is 0.0274. The van der Waals surface area contributed by atoms with Gasteiger partial charge in [-0.15, -0.1) is 0 Å². The number of para-hydroxylation sites is 1. The maximum absolute atomic E-state index is 12.1. The van der Waals surface area contributed by atoms with E-state index in [0.29, 0.717) is 11.3 Å². The van der Waals surface area contributed by atoms with Gasteiger partial charge in [0.1, 0.15) is 0 Å². The first-order valence-corrected chi connectivity index (χ1v) is 6.98. The molecule has 1 amide bonds. The van der Waals surface area contributed by atoms with Crippen molar-refractivity contribution >= 4 is 23.0 Å². The summed E-state index contributed by atoms with van der Waals surface area (Å²) in [6.07, 6.45) is 0. The van der Waals surface area contributed by atoms with Crippen LogP contribution >= 0.6 is 0 Å². The van der Waals surface area contributed by atoms with Gasteiger partial charge < -0.3 is 15.5 Å². The third-order valence-electron chi connectivity index (χ3n) is 3.36. The fourth-order valence-corrected chi connectivity index (χ4v) is 2.27. The number of benzene rings is 2. The molecule has 0 spiro atoms. The van der Waals surface area contributed by atoms with Crippen LogP contribution in [0.25, 0.3) is 0 Å². The number of carbonyl (C=O) groups excluding carboxylic acids is 1. The molecule has 4 heteroatoms. The molecule has 0 unspecified atom stereocenters. The van der Waals surface area contributed by atoms with Crippen molar-refractivity contribution in [2.45, 2.75) is 6.92 Å². The number of anilines is 3. The number of carbonyl (C=O) groups is 1. The third kappa shape index (κ3) is 3.16. The standard InChI is InChI=1S/C17H21N3O/c1-4-20(14-8-6-5-7-9-14)16-12-13(10-11-15(16)18)17(21)19(2)3/h5-12H,4,18H2,1-3H3. The number of nitrogen functional groups attached to an aromatic ring is 1. The molecule has 0 saturated heterocycles. The lowest BCUT2D eigenvalue weighted by Gasteiger charge is -2.25. The van der Waals surface area contributed by atoms with Gasteiger partial charge in [-0.2, -0.15) is 0 Å². The van der Waals surface area contributed by atoms with E-state index in [-0.39, 0.29) is 5.91 Å². The predicted octanol–water partition coefficient (Wildman–Crippen LogP) is 3.13. The van der Waals surface area contributed by atoms with Gasteiger partial charge in [-0.05, 0) is 37.3 Å². The summed E-state index contributed by atoms with van der Waals surface area (Å²) in [7, 11) is 3.49. The van der Waals surface area contributed by atoms with Crippen LogP contribution in [0.1, 0.15) is 17.3 Å². The Bertz CT molecular complexity index is 623. The Balaban J connectivity index is 2.46. The van der Waals surface area contributed by atoms with Crippen LogP contribution in [0.4, 0.5) is 17.1 Å². The zero-order valence-corrected chi connectivity index (χ0v) is 12.7. The second-order valence-corrected chi connectivity index (χ2v) is 5.05. The van der Waals surface area contributed by atoms with Crippen molar-refractivity contribution in [3.8, 4) is 0 Å². The van der Waals surface area contributed by atoms with E-state index in [1.807, 2.05) is 36.4 Å². The quantitative estimate of drug-likeness (QED) is 0.877. The Morgan fingerprint density at radius 2 is 1.76 bits per heavy atom. The van der Waals surface area contributed by atoms with E-state index >= 15 is 0 Å². The van der Waals surface area contributed by atoms with Crippen LogP contribution in [0.3, 0.4) is 0 Å². The van der Waals surface area contributed by atoms with Gasteiger partial charge in [-0.25, -0.2) is 0 Å². The highest BCUT2D eigenvalue weighted by atomic mass is 16.2. The van der Waals surface area contributed by atoms with Crippen molar-refractivity contribution in [3.05, 3.63) is 54.1 Å². The number of hydrogen-bond donors (Lipinski definition) is 1. The van der Waals surface area contributed by atoms with Gasteiger partial charge >= 0.3 is 0 Å². The van der Waals surface area contributed by atoms with Crippen LogP contribution in [-0.4, -0.2) is 31.4 Å². The van der Waals surface area contributed by atoms with Crippen molar-refractivity contribution in [1.82, 2.24) is 4.90 Å². The molecule has 0 heterocycles. The van der Waals surface area contributed by atoms with Crippen molar-refractivity contribution < 1.29 is 4.79 Å². The lowest BCUT2D eigenvalue weighted by molar-refractivity contribution is 0.0827. The molecule has 110 valence electrons.